The summed E-state index contributed by atoms with van der Waals surface area (Å²) >= 11 is 0. The number of hydrogen-bond donors (Lipinski definition) is 2. The van der Waals surface area contributed by atoms with Crippen molar-refractivity contribution in [3.63, 3.8) is 0 Å². The van der Waals surface area contributed by atoms with Crippen LogP contribution in [0.4, 0.5) is 0 Å². The second-order valence-corrected chi connectivity index (χ2v) is 6.52. The fourth-order valence-electron chi connectivity index (χ4n) is 3.54. The summed E-state index contributed by atoms with van der Waals surface area (Å²) in [7, 11) is 1.73. The summed E-state index contributed by atoms with van der Waals surface area (Å²) in [6.45, 7) is 4.09. The number of benzene rings is 1. The van der Waals surface area contributed by atoms with Gasteiger partial charge in [-0.3, -0.25) is 0 Å². The molecule has 110 valence electrons. The largest absolute Gasteiger partial charge is 0.497 e. The van der Waals surface area contributed by atoms with E-state index in [1.54, 1.807) is 7.11 Å². The lowest BCUT2D eigenvalue weighted by atomic mass is 9.76. The summed E-state index contributed by atoms with van der Waals surface area (Å²) in [6.07, 6.45) is 4.86. The van der Waals surface area contributed by atoms with Crippen LogP contribution >= 0.6 is 0 Å². The number of ether oxygens (including phenoxy) is 1. The second kappa shape index (κ2) is 5.38. The first-order valence-corrected chi connectivity index (χ1v) is 7.81. The average Bonchev–Trinajstić information content (AvgIpc) is 3.20. The van der Waals surface area contributed by atoms with E-state index in [4.69, 9.17) is 10.5 Å². The van der Waals surface area contributed by atoms with E-state index in [2.05, 4.69) is 30.4 Å². The molecule has 1 aromatic rings. The Balaban J connectivity index is 1.87. The molecule has 0 bridgehead atoms. The molecule has 3 unspecified atom stereocenters. The van der Waals surface area contributed by atoms with Crippen LogP contribution in [0.15, 0.2) is 18.2 Å². The molecule has 20 heavy (non-hydrogen) atoms. The molecule has 3 N–H and O–H groups in total. The summed E-state index contributed by atoms with van der Waals surface area (Å²) in [5.74, 6) is 2.66. The van der Waals surface area contributed by atoms with Gasteiger partial charge in [-0.25, -0.2) is 0 Å². The zero-order valence-electron chi connectivity index (χ0n) is 12.6. The molecule has 3 rings (SSSR count). The molecule has 0 aromatic heterocycles. The van der Waals surface area contributed by atoms with E-state index in [0.717, 1.165) is 37.0 Å². The molecule has 1 aromatic carbocycles. The summed E-state index contributed by atoms with van der Waals surface area (Å²) in [4.78, 5) is 0. The standard InChI is InChI=1S/C17H26N2O/c1-12-8-14(12)10-19-17(11-18)7-3-4-13-5-6-15(20-2)9-16(13)17/h5-6,9,12,14,19H,3-4,7-8,10-11,18H2,1-2H3. The molecular weight excluding hydrogens is 248 g/mol. The van der Waals surface area contributed by atoms with Crippen molar-refractivity contribution >= 4 is 0 Å². The highest BCUT2D eigenvalue weighted by molar-refractivity contribution is 5.42. The first-order valence-electron chi connectivity index (χ1n) is 7.81. The molecule has 0 radical (unpaired) electrons. The number of aryl methyl sites for hydroxylation is 1. The molecule has 2 aliphatic carbocycles. The quantitative estimate of drug-likeness (QED) is 0.867. The van der Waals surface area contributed by atoms with E-state index < -0.39 is 0 Å². The predicted molar refractivity (Wildman–Crippen MR) is 81.9 cm³/mol. The lowest BCUT2D eigenvalue weighted by molar-refractivity contribution is 0.285. The van der Waals surface area contributed by atoms with Gasteiger partial charge in [0.05, 0.1) is 12.6 Å². The molecule has 1 fully saturated rings. The Hall–Kier alpha value is -1.06. The number of nitrogens with two attached hydrogens (primary N) is 1. The van der Waals surface area contributed by atoms with Gasteiger partial charge in [-0.15, -0.1) is 0 Å². The van der Waals surface area contributed by atoms with Crippen LogP contribution in [-0.2, 0) is 12.0 Å². The molecule has 3 nitrogen and oxygen atoms in total. The Kier molecular flexibility index (Phi) is 3.74. The third-order valence-electron chi connectivity index (χ3n) is 5.21. The van der Waals surface area contributed by atoms with Crippen LogP contribution in [0.3, 0.4) is 0 Å². The Labute approximate surface area is 121 Å². The number of hydrogen-bond acceptors (Lipinski definition) is 3. The van der Waals surface area contributed by atoms with Crippen molar-refractivity contribution in [2.45, 2.75) is 38.1 Å². The van der Waals surface area contributed by atoms with Crippen LogP contribution in [0.25, 0.3) is 0 Å². The maximum absolute atomic E-state index is 6.18. The molecule has 0 saturated heterocycles. The predicted octanol–water partition coefficient (Wildman–Crippen LogP) is 2.43. The Morgan fingerprint density at radius 2 is 2.25 bits per heavy atom. The van der Waals surface area contributed by atoms with Gasteiger partial charge >= 0.3 is 0 Å². The minimum absolute atomic E-state index is 0.0512. The van der Waals surface area contributed by atoms with Gasteiger partial charge < -0.3 is 15.8 Å². The third-order valence-corrected chi connectivity index (χ3v) is 5.21. The fourth-order valence-corrected chi connectivity index (χ4v) is 3.54. The third kappa shape index (κ3) is 2.45. The van der Waals surface area contributed by atoms with Crippen molar-refractivity contribution in [3.05, 3.63) is 29.3 Å². The smallest absolute Gasteiger partial charge is 0.119 e. The molecule has 0 spiro atoms. The topological polar surface area (TPSA) is 47.3 Å². The Morgan fingerprint density at radius 3 is 2.90 bits per heavy atom. The van der Waals surface area contributed by atoms with Gasteiger partial charge in [0.25, 0.3) is 0 Å². The fraction of sp³-hybridized carbons (Fsp3) is 0.647. The second-order valence-electron chi connectivity index (χ2n) is 6.52. The summed E-state index contributed by atoms with van der Waals surface area (Å²) in [5, 5.41) is 3.80. The van der Waals surface area contributed by atoms with Crippen molar-refractivity contribution in [2.75, 3.05) is 20.2 Å². The molecule has 0 aliphatic heterocycles. The van der Waals surface area contributed by atoms with E-state index >= 15 is 0 Å². The minimum Gasteiger partial charge on any atom is -0.497 e. The number of fused-ring (bicyclic) bond motifs is 1. The van der Waals surface area contributed by atoms with Crippen molar-refractivity contribution in [3.8, 4) is 5.75 Å². The molecule has 2 aliphatic rings. The molecule has 3 atom stereocenters. The summed E-state index contributed by atoms with van der Waals surface area (Å²) < 4.78 is 5.40. The van der Waals surface area contributed by atoms with E-state index in [9.17, 15) is 0 Å². The van der Waals surface area contributed by atoms with Gasteiger partial charge in [-0.05, 0) is 67.3 Å². The SMILES string of the molecule is COc1ccc2c(c1)C(CN)(NCC1CC1C)CCC2. The first kappa shape index (κ1) is 13.9. The zero-order valence-corrected chi connectivity index (χ0v) is 12.6. The van der Waals surface area contributed by atoms with Gasteiger partial charge in [-0.1, -0.05) is 13.0 Å². The van der Waals surface area contributed by atoms with Crippen LogP contribution in [0.2, 0.25) is 0 Å². The van der Waals surface area contributed by atoms with E-state index in [1.807, 2.05) is 0 Å². The molecule has 0 heterocycles. The molecule has 0 amide bonds. The Morgan fingerprint density at radius 1 is 1.45 bits per heavy atom. The van der Waals surface area contributed by atoms with Crippen molar-refractivity contribution in [2.24, 2.45) is 17.6 Å². The highest BCUT2D eigenvalue weighted by Gasteiger charge is 2.39. The lowest BCUT2D eigenvalue weighted by Gasteiger charge is -2.39. The average molecular weight is 274 g/mol. The summed E-state index contributed by atoms with van der Waals surface area (Å²) in [5.41, 5.74) is 8.92. The number of methoxy groups -OCH3 is 1. The molecule has 1 saturated carbocycles. The van der Waals surface area contributed by atoms with Crippen molar-refractivity contribution < 1.29 is 4.74 Å². The summed E-state index contributed by atoms with van der Waals surface area (Å²) in [6, 6.07) is 6.46. The van der Waals surface area contributed by atoms with Gasteiger partial charge in [-0.2, -0.15) is 0 Å². The van der Waals surface area contributed by atoms with Gasteiger partial charge in [0.15, 0.2) is 0 Å². The van der Waals surface area contributed by atoms with Crippen molar-refractivity contribution in [1.82, 2.24) is 5.32 Å². The Bertz CT molecular complexity index is 488. The molecular formula is C17H26N2O. The number of nitrogens with one attached hydrogen (secondary N) is 1. The van der Waals surface area contributed by atoms with E-state index in [1.165, 1.54) is 24.0 Å². The van der Waals surface area contributed by atoms with Crippen LogP contribution in [0.1, 0.15) is 37.3 Å². The van der Waals surface area contributed by atoms with Gasteiger partial charge in [0.1, 0.15) is 5.75 Å². The first-order chi connectivity index (χ1) is 9.68. The zero-order chi connectivity index (χ0) is 14.2. The maximum atomic E-state index is 6.18. The van der Waals surface area contributed by atoms with Crippen LogP contribution in [-0.4, -0.2) is 20.2 Å². The van der Waals surface area contributed by atoms with Gasteiger partial charge in [0, 0.05) is 6.54 Å². The lowest BCUT2D eigenvalue weighted by Crippen LogP contribution is -2.51. The highest BCUT2D eigenvalue weighted by Crippen LogP contribution is 2.40. The monoisotopic (exact) mass is 274 g/mol. The molecule has 3 heteroatoms. The highest BCUT2D eigenvalue weighted by atomic mass is 16.5. The van der Waals surface area contributed by atoms with Crippen LogP contribution in [0, 0.1) is 11.8 Å². The van der Waals surface area contributed by atoms with Gasteiger partial charge in [0.2, 0.25) is 0 Å². The van der Waals surface area contributed by atoms with E-state index in [-0.39, 0.29) is 5.54 Å². The normalized spacial score (nSPS) is 31.8. The van der Waals surface area contributed by atoms with Crippen molar-refractivity contribution in [1.29, 1.82) is 0 Å². The van der Waals surface area contributed by atoms with Crippen LogP contribution in [0.5, 0.6) is 5.75 Å². The minimum atomic E-state index is -0.0512. The van der Waals surface area contributed by atoms with Crippen LogP contribution < -0.4 is 15.8 Å². The maximum Gasteiger partial charge on any atom is 0.119 e. The number of rotatable bonds is 5. The van der Waals surface area contributed by atoms with E-state index in [0.29, 0.717) is 6.54 Å².